The maximum absolute atomic E-state index is 13.8. The maximum atomic E-state index is 13.8. The lowest BCUT2D eigenvalue weighted by atomic mass is 10.2. The lowest BCUT2D eigenvalue weighted by molar-refractivity contribution is 0.0716. The first kappa shape index (κ1) is 17.1. The molecule has 3 rings (SSSR count). The van der Waals surface area contributed by atoms with Gasteiger partial charge < -0.3 is 9.80 Å². The van der Waals surface area contributed by atoms with Gasteiger partial charge in [-0.3, -0.25) is 9.59 Å². The Balaban J connectivity index is 1.68. The number of hydrogen-bond acceptors (Lipinski definition) is 2. The van der Waals surface area contributed by atoms with Crippen molar-refractivity contribution in [1.29, 1.82) is 0 Å². The van der Waals surface area contributed by atoms with Gasteiger partial charge in [0.05, 0.1) is 5.56 Å². The van der Waals surface area contributed by atoms with Crippen molar-refractivity contribution in [3.63, 3.8) is 0 Å². The van der Waals surface area contributed by atoms with Crippen molar-refractivity contribution in [3.05, 3.63) is 71.3 Å². The first-order valence-corrected chi connectivity index (χ1v) is 8.15. The molecule has 2 aromatic carbocycles. The van der Waals surface area contributed by atoms with Crippen molar-refractivity contribution in [2.75, 3.05) is 26.2 Å². The van der Waals surface area contributed by atoms with Crippen molar-refractivity contribution >= 4 is 11.8 Å². The predicted octanol–water partition coefficient (Wildman–Crippen LogP) is 2.95. The van der Waals surface area contributed by atoms with Gasteiger partial charge in [-0.2, -0.15) is 0 Å². The van der Waals surface area contributed by atoms with Crippen LogP contribution in [0, 0.1) is 11.6 Å². The molecule has 4 nitrogen and oxygen atoms in total. The molecule has 0 aromatic heterocycles. The zero-order chi connectivity index (χ0) is 17.8. The van der Waals surface area contributed by atoms with Crippen LogP contribution >= 0.6 is 0 Å². The van der Waals surface area contributed by atoms with Crippen LogP contribution in [-0.4, -0.2) is 47.8 Å². The van der Waals surface area contributed by atoms with E-state index in [4.69, 9.17) is 0 Å². The Kier molecular flexibility index (Phi) is 5.07. The van der Waals surface area contributed by atoms with Gasteiger partial charge in [0.25, 0.3) is 11.8 Å². The van der Waals surface area contributed by atoms with Crippen LogP contribution in [0.3, 0.4) is 0 Å². The Bertz CT molecular complexity index is 777. The molecule has 25 heavy (non-hydrogen) atoms. The summed E-state index contributed by atoms with van der Waals surface area (Å²) >= 11 is 0. The second kappa shape index (κ2) is 7.42. The number of halogens is 2. The minimum atomic E-state index is -0.545. The van der Waals surface area contributed by atoms with Gasteiger partial charge >= 0.3 is 0 Å². The van der Waals surface area contributed by atoms with Crippen LogP contribution in [0.1, 0.15) is 27.1 Å². The van der Waals surface area contributed by atoms with Gasteiger partial charge in [-0.25, -0.2) is 8.78 Å². The maximum Gasteiger partial charge on any atom is 0.256 e. The van der Waals surface area contributed by atoms with Gasteiger partial charge in [-0.15, -0.1) is 0 Å². The Labute approximate surface area is 144 Å². The molecule has 130 valence electrons. The molecule has 0 radical (unpaired) electrons. The number of carbonyl (C=O) groups is 2. The highest BCUT2D eigenvalue weighted by Crippen LogP contribution is 2.14. The fourth-order valence-electron chi connectivity index (χ4n) is 2.90. The molecule has 1 saturated heterocycles. The number of benzene rings is 2. The predicted molar refractivity (Wildman–Crippen MR) is 89.2 cm³/mol. The van der Waals surface area contributed by atoms with Gasteiger partial charge in [0.15, 0.2) is 0 Å². The normalized spacial score (nSPS) is 15.0. The third-order valence-electron chi connectivity index (χ3n) is 4.27. The van der Waals surface area contributed by atoms with Crippen LogP contribution in [-0.2, 0) is 0 Å². The third-order valence-corrected chi connectivity index (χ3v) is 4.27. The van der Waals surface area contributed by atoms with Gasteiger partial charge in [0.2, 0.25) is 0 Å². The quantitative estimate of drug-likeness (QED) is 0.840. The molecule has 1 aliphatic heterocycles. The minimum absolute atomic E-state index is 0.0424. The van der Waals surface area contributed by atoms with E-state index >= 15 is 0 Å². The summed E-state index contributed by atoms with van der Waals surface area (Å²) in [5.41, 5.74) is 0.455. The molecule has 0 N–H and O–H groups in total. The number of hydrogen-bond donors (Lipinski definition) is 0. The van der Waals surface area contributed by atoms with Crippen LogP contribution in [0.4, 0.5) is 8.78 Å². The monoisotopic (exact) mass is 344 g/mol. The molecule has 2 aromatic rings. The second-order valence-electron chi connectivity index (χ2n) is 5.92. The van der Waals surface area contributed by atoms with E-state index in [1.54, 1.807) is 15.9 Å². The van der Waals surface area contributed by atoms with Crippen molar-refractivity contribution in [2.24, 2.45) is 0 Å². The lowest BCUT2D eigenvalue weighted by Crippen LogP contribution is -2.37. The highest BCUT2D eigenvalue weighted by atomic mass is 19.1. The number of rotatable bonds is 2. The third kappa shape index (κ3) is 3.84. The zero-order valence-corrected chi connectivity index (χ0v) is 13.6. The van der Waals surface area contributed by atoms with Gasteiger partial charge in [-0.1, -0.05) is 12.1 Å². The molecular formula is C19H18F2N2O2. The van der Waals surface area contributed by atoms with E-state index in [9.17, 15) is 18.4 Å². The Morgan fingerprint density at radius 3 is 2.00 bits per heavy atom. The molecule has 1 fully saturated rings. The van der Waals surface area contributed by atoms with E-state index in [-0.39, 0.29) is 17.4 Å². The molecule has 0 bridgehead atoms. The Morgan fingerprint density at radius 1 is 0.760 bits per heavy atom. The van der Waals surface area contributed by atoms with Crippen molar-refractivity contribution in [3.8, 4) is 0 Å². The van der Waals surface area contributed by atoms with Crippen LogP contribution in [0.25, 0.3) is 0 Å². The summed E-state index contributed by atoms with van der Waals surface area (Å²) in [6, 6.07) is 11.3. The lowest BCUT2D eigenvalue weighted by Gasteiger charge is -2.22. The Morgan fingerprint density at radius 2 is 1.36 bits per heavy atom. The number of carbonyl (C=O) groups excluding carboxylic acids is 2. The minimum Gasteiger partial charge on any atom is -0.337 e. The molecule has 0 atom stereocenters. The molecule has 2 amide bonds. The highest BCUT2D eigenvalue weighted by Gasteiger charge is 2.24. The summed E-state index contributed by atoms with van der Waals surface area (Å²) in [4.78, 5) is 28.2. The second-order valence-corrected chi connectivity index (χ2v) is 5.92. The topological polar surface area (TPSA) is 40.6 Å². The molecule has 0 spiro atoms. The van der Waals surface area contributed by atoms with Crippen molar-refractivity contribution in [2.45, 2.75) is 6.42 Å². The smallest absolute Gasteiger partial charge is 0.256 e. The highest BCUT2D eigenvalue weighted by molar-refractivity contribution is 5.95. The summed E-state index contributed by atoms with van der Waals surface area (Å²) in [5.74, 6) is -1.50. The molecule has 0 aliphatic carbocycles. The van der Waals surface area contributed by atoms with E-state index in [1.165, 1.54) is 42.5 Å². The van der Waals surface area contributed by atoms with E-state index in [1.807, 2.05) is 0 Å². The SMILES string of the molecule is O=C(c1ccc(F)cc1)N1CCCN(C(=O)c2ccccc2F)CC1. The first-order valence-electron chi connectivity index (χ1n) is 8.15. The van der Waals surface area contributed by atoms with E-state index in [2.05, 4.69) is 0 Å². The number of nitrogens with zero attached hydrogens (tertiary/aromatic N) is 2. The fourth-order valence-corrected chi connectivity index (χ4v) is 2.90. The zero-order valence-electron chi connectivity index (χ0n) is 13.6. The standard InChI is InChI=1S/C19H18F2N2O2/c20-15-8-6-14(7-9-15)18(24)22-10-3-11-23(13-12-22)19(25)16-4-1-2-5-17(16)21/h1-2,4-9H,3,10-13H2. The van der Waals surface area contributed by atoms with Crippen LogP contribution in [0.2, 0.25) is 0 Å². The molecule has 6 heteroatoms. The number of amides is 2. The summed E-state index contributed by atoms with van der Waals surface area (Å²) in [5, 5.41) is 0. The summed E-state index contributed by atoms with van der Waals surface area (Å²) in [6.45, 7) is 1.65. The van der Waals surface area contributed by atoms with Gasteiger partial charge in [0.1, 0.15) is 11.6 Å². The van der Waals surface area contributed by atoms with E-state index in [0.29, 0.717) is 38.2 Å². The van der Waals surface area contributed by atoms with Crippen LogP contribution in [0.5, 0.6) is 0 Å². The largest absolute Gasteiger partial charge is 0.337 e. The summed E-state index contributed by atoms with van der Waals surface area (Å²) < 4.78 is 26.8. The molecule has 1 heterocycles. The molecule has 1 aliphatic rings. The van der Waals surface area contributed by atoms with Crippen molar-refractivity contribution < 1.29 is 18.4 Å². The first-order chi connectivity index (χ1) is 12.1. The summed E-state index contributed by atoms with van der Waals surface area (Å²) in [7, 11) is 0. The summed E-state index contributed by atoms with van der Waals surface area (Å²) in [6.07, 6.45) is 0.604. The molecular weight excluding hydrogens is 326 g/mol. The van der Waals surface area contributed by atoms with Crippen LogP contribution < -0.4 is 0 Å². The van der Waals surface area contributed by atoms with Gasteiger partial charge in [0, 0.05) is 31.7 Å². The van der Waals surface area contributed by atoms with E-state index < -0.39 is 11.6 Å². The van der Waals surface area contributed by atoms with E-state index in [0.717, 1.165) is 0 Å². The average molecular weight is 344 g/mol. The average Bonchev–Trinajstić information content (AvgIpc) is 2.88. The van der Waals surface area contributed by atoms with Crippen LogP contribution in [0.15, 0.2) is 48.5 Å². The molecule has 0 unspecified atom stereocenters. The Hall–Kier alpha value is -2.76. The fraction of sp³-hybridized carbons (Fsp3) is 0.263. The van der Waals surface area contributed by atoms with Crippen molar-refractivity contribution in [1.82, 2.24) is 9.80 Å². The molecule has 0 saturated carbocycles. The van der Waals surface area contributed by atoms with Gasteiger partial charge in [-0.05, 0) is 42.8 Å².